The van der Waals surface area contributed by atoms with Crippen LogP contribution in [0.15, 0.2) is 12.5 Å². The molecule has 0 spiro atoms. The molecular formula is C6H12N4. The molecule has 0 unspecified atom stereocenters. The number of aromatic nitrogens is 2. The SMILES string of the molecule is CN(C)NCc1cnc[nH]1. The molecule has 0 bridgehead atoms. The van der Waals surface area contributed by atoms with E-state index in [9.17, 15) is 0 Å². The Morgan fingerprint density at radius 3 is 3.00 bits per heavy atom. The molecule has 0 fully saturated rings. The van der Waals surface area contributed by atoms with Crippen molar-refractivity contribution in [1.29, 1.82) is 0 Å². The van der Waals surface area contributed by atoms with Crippen LogP contribution in [0.4, 0.5) is 0 Å². The first-order chi connectivity index (χ1) is 4.79. The molecule has 1 aromatic rings. The summed E-state index contributed by atoms with van der Waals surface area (Å²) in [7, 11) is 3.91. The van der Waals surface area contributed by atoms with Gasteiger partial charge >= 0.3 is 0 Å². The lowest BCUT2D eigenvalue weighted by Gasteiger charge is -2.09. The summed E-state index contributed by atoms with van der Waals surface area (Å²) in [5.74, 6) is 0. The molecule has 0 aliphatic heterocycles. The predicted molar refractivity (Wildman–Crippen MR) is 39.1 cm³/mol. The zero-order valence-electron chi connectivity index (χ0n) is 6.26. The Bertz CT molecular complexity index is 168. The van der Waals surface area contributed by atoms with Gasteiger partial charge in [0.15, 0.2) is 0 Å². The van der Waals surface area contributed by atoms with E-state index < -0.39 is 0 Å². The van der Waals surface area contributed by atoms with Gasteiger partial charge in [-0.05, 0) is 0 Å². The summed E-state index contributed by atoms with van der Waals surface area (Å²) in [6.07, 6.45) is 3.48. The number of hydrogen-bond donors (Lipinski definition) is 2. The van der Waals surface area contributed by atoms with E-state index in [-0.39, 0.29) is 0 Å². The van der Waals surface area contributed by atoms with Gasteiger partial charge in [0.25, 0.3) is 0 Å². The third kappa shape index (κ3) is 2.16. The highest BCUT2D eigenvalue weighted by molar-refractivity contribution is 4.92. The van der Waals surface area contributed by atoms with E-state index in [1.807, 2.05) is 19.1 Å². The first-order valence-electron chi connectivity index (χ1n) is 3.17. The standard InChI is InChI=1S/C6H12N4/c1-10(2)9-4-6-3-7-5-8-6/h3,5,9H,4H2,1-2H3,(H,7,8). The van der Waals surface area contributed by atoms with Crippen molar-refractivity contribution in [3.8, 4) is 0 Å². The topological polar surface area (TPSA) is 44.0 Å². The lowest BCUT2D eigenvalue weighted by atomic mass is 10.5. The maximum Gasteiger partial charge on any atom is 0.0922 e. The van der Waals surface area contributed by atoms with E-state index in [2.05, 4.69) is 15.4 Å². The molecule has 0 aromatic carbocycles. The van der Waals surface area contributed by atoms with Crippen LogP contribution in [0.1, 0.15) is 5.69 Å². The summed E-state index contributed by atoms with van der Waals surface area (Å²) in [5.41, 5.74) is 4.20. The number of nitrogens with zero attached hydrogens (tertiary/aromatic N) is 2. The maximum atomic E-state index is 3.89. The van der Waals surface area contributed by atoms with Crippen LogP contribution in [0.25, 0.3) is 0 Å². The number of aromatic amines is 1. The van der Waals surface area contributed by atoms with E-state index in [1.54, 1.807) is 12.5 Å². The van der Waals surface area contributed by atoms with Crippen LogP contribution in [0.3, 0.4) is 0 Å². The number of imidazole rings is 1. The van der Waals surface area contributed by atoms with Crippen LogP contribution in [0.2, 0.25) is 0 Å². The molecule has 0 aliphatic rings. The molecule has 0 amide bonds. The number of hydrazine groups is 1. The van der Waals surface area contributed by atoms with Crippen LogP contribution in [0, 0.1) is 0 Å². The van der Waals surface area contributed by atoms with Crippen molar-refractivity contribution in [1.82, 2.24) is 20.4 Å². The van der Waals surface area contributed by atoms with Crippen LogP contribution in [-0.4, -0.2) is 29.1 Å². The number of rotatable bonds is 3. The van der Waals surface area contributed by atoms with Gasteiger partial charge in [0.1, 0.15) is 0 Å². The normalized spacial score (nSPS) is 10.7. The van der Waals surface area contributed by atoms with Crippen molar-refractivity contribution in [2.75, 3.05) is 14.1 Å². The highest BCUT2D eigenvalue weighted by atomic mass is 15.5. The van der Waals surface area contributed by atoms with E-state index in [4.69, 9.17) is 0 Å². The Labute approximate surface area is 60.2 Å². The summed E-state index contributed by atoms with van der Waals surface area (Å²) >= 11 is 0. The minimum Gasteiger partial charge on any atom is -0.347 e. The zero-order chi connectivity index (χ0) is 7.40. The van der Waals surface area contributed by atoms with E-state index in [0.29, 0.717) is 0 Å². The summed E-state index contributed by atoms with van der Waals surface area (Å²) in [5, 5.41) is 1.90. The van der Waals surface area contributed by atoms with Crippen molar-refractivity contribution in [3.05, 3.63) is 18.2 Å². The zero-order valence-corrected chi connectivity index (χ0v) is 6.26. The highest BCUT2D eigenvalue weighted by Gasteiger charge is 1.91. The molecule has 0 radical (unpaired) electrons. The second kappa shape index (κ2) is 3.34. The summed E-state index contributed by atoms with van der Waals surface area (Å²) in [6, 6.07) is 0. The summed E-state index contributed by atoms with van der Waals surface area (Å²) in [6.45, 7) is 0.799. The Morgan fingerprint density at radius 2 is 2.50 bits per heavy atom. The molecule has 0 atom stereocenters. The van der Waals surface area contributed by atoms with Gasteiger partial charge in [0, 0.05) is 26.0 Å². The van der Waals surface area contributed by atoms with Gasteiger partial charge in [-0.15, -0.1) is 0 Å². The molecule has 0 saturated heterocycles. The lowest BCUT2D eigenvalue weighted by Crippen LogP contribution is -2.29. The fourth-order valence-corrected chi connectivity index (χ4v) is 0.625. The van der Waals surface area contributed by atoms with Crippen LogP contribution < -0.4 is 5.43 Å². The van der Waals surface area contributed by atoms with Gasteiger partial charge in [0.05, 0.1) is 12.9 Å². The van der Waals surface area contributed by atoms with Crippen LogP contribution in [-0.2, 0) is 6.54 Å². The molecule has 4 nitrogen and oxygen atoms in total. The average Bonchev–Trinajstić information content (AvgIpc) is 2.34. The number of hydrogen-bond acceptors (Lipinski definition) is 3. The van der Waals surface area contributed by atoms with Gasteiger partial charge in [-0.3, -0.25) is 5.01 Å². The maximum absolute atomic E-state index is 3.89. The van der Waals surface area contributed by atoms with Crippen molar-refractivity contribution in [3.63, 3.8) is 0 Å². The van der Waals surface area contributed by atoms with Gasteiger partial charge in [-0.2, -0.15) is 0 Å². The summed E-state index contributed by atoms with van der Waals surface area (Å²) in [4.78, 5) is 6.88. The summed E-state index contributed by atoms with van der Waals surface area (Å²) < 4.78 is 0. The van der Waals surface area contributed by atoms with Gasteiger partial charge in [0.2, 0.25) is 0 Å². The fourth-order valence-electron chi connectivity index (χ4n) is 0.625. The molecule has 1 rings (SSSR count). The molecule has 56 valence electrons. The van der Waals surface area contributed by atoms with Crippen molar-refractivity contribution in [2.24, 2.45) is 0 Å². The molecule has 10 heavy (non-hydrogen) atoms. The average molecular weight is 140 g/mol. The minimum atomic E-state index is 0.799. The molecule has 1 aromatic heterocycles. The van der Waals surface area contributed by atoms with E-state index in [1.165, 1.54) is 0 Å². The Hall–Kier alpha value is -0.870. The first-order valence-corrected chi connectivity index (χ1v) is 3.17. The largest absolute Gasteiger partial charge is 0.347 e. The molecular weight excluding hydrogens is 128 g/mol. The quantitative estimate of drug-likeness (QED) is 0.580. The predicted octanol–water partition coefficient (Wildman–Crippen LogP) is -0.0241. The smallest absolute Gasteiger partial charge is 0.0922 e. The minimum absolute atomic E-state index is 0.799. The first kappa shape index (κ1) is 7.24. The van der Waals surface area contributed by atoms with Crippen molar-refractivity contribution in [2.45, 2.75) is 6.54 Å². The van der Waals surface area contributed by atoms with Gasteiger partial charge in [-0.25, -0.2) is 10.4 Å². The van der Waals surface area contributed by atoms with Gasteiger partial charge in [-0.1, -0.05) is 0 Å². The monoisotopic (exact) mass is 140 g/mol. The third-order valence-electron chi connectivity index (χ3n) is 1.14. The molecule has 0 aliphatic carbocycles. The Morgan fingerprint density at radius 1 is 1.70 bits per heavy atom. The second-order valence-electron chi connectivity index (χ2n) is 2.31. The molecule has 2 N–H and O–H groups in total. The third-order valence-corrected chi connectivity index (χ3v) is 1.14. The van der Waals surface area contributed by atoms with Crippen molar-refractivity contribution >= 4 is 0 Å². The fraction of sp³-hybridized carbons (Fsp3) is 0.500. The van der Waals surface area contributed by atoms with Crippen LogP contribution in [0.5, 0.6) is 0 Å². The van der Waals surface area contributed by atoms with Gasteiger partial charge < -0.3 is 4.98 Å². The lowest BCUT2D eigenvalue weighted by molar-refractivity contribution is 0.284. The number of H-pyrrole nitrogens is 1. The Balaban J connectivity index is 2.28. The molecule has 1 heterocycles. The Kier molecular flexibility index (Phi) is 2.42. The van der Waals surface area contributed by atoms with E-state index in [0.717, 1.165) is 12.2 Å². The molecule has 0 saturated carbocycles. The van der Waals surface area contributed by atoms with E-state index >= 15 is 0 Å². The number of nitrogens with one attached hydrogen (secondary N) is 2. The highest BCUT2D eigenvalue weighted by Crippen LogP contribution is 1.88. The van der Waals surface area contributed by atoms with Crippen LogP contribution >= 0.6 is 0 Å². The second-order valence-corrected chi connectivity index (χ2v) is 2.31. The molecule has 4 heteroatoms. The van der Waals surface area contributed by atoms with Crippen molar-refractivity contribution < 1.29 is 0 Å².